The molecule has 0 unspecified atom stereocenters. The fourth-order valence-corrected chi connectivity index (χ4v) is 3.07. The van der Waals surface area contributed by atoms with Crippen LogP contribution in [-0.4, -0.2) is 40.8 Å². The van der Waals surface area contributed by atoms with E-state index < -0.39 is 0 Å². The van der Waals surface area contributed by atoms with Crippen LogP contribution in [0, 0.1) is 5.82 Å². The largest absolute Gasteiger partial charge is 0.338 e. The Morgan fingerprint density at radius 1 is 1.24 bits per heavy atom. The fraction of sp³-hybridized carbons (Fsp3) is 0.286. The summed E-state index contributed by atoms with van der Waals surface area (Å²) in [6.45, 7) is 3.56. The Morgan fingerprint density at radius 2 is 2.05 bits per heavy atom. The van der Waals surface area contributed by atoms with Crippen LogP contribution in [0.1, 0.15) is 0 Å². The zero-order valence-corrected chi connectivity index (χ0v) is 12.8. The molecule has 7 heteroatoms. The van der Waals surface area contributed by atoms with E-state index in [4.69, 9.17) is 0 Å². The van der Waals surface area contributed by atoms with E-state index in [1.807, 2.05) is 10.6 Å². The molecular formula is C14H13BrFN5. The lowest BCUT2D eigenvalue weighted by Gasteiger charge is -2.28. The average molecular weight is 350 g/mol. The molecule has 2 aromatic heterocycles. The van der Waals surface area contributed by atoms with E-state index in [1.165, 1.54) is 6.07 Å². The zero-order chi connectivity index (χ0) is 14.4. The second-order valence-electron chi connectivity index (χ2n) is 5.06. The maximum absolute atomic E-state index is 13.8. The highest BCUT2D eigenvalue weighted by atomic mass is 79.9. The van der Waals surface area contributed by atoms with Gasteiger partial charge in [-0.05, 0) is 28.1 Å². The number of anilines is 1. The molecule has 3 aromatic rings. The second kappa shape index (κ2) is 4.92. The van der Waals surface area contributed by atoms with Gasteiger partial charge in [-0.25, -0.2) is 9.37 Å². The molecule has 1 aliphatic heterocycles. The van der Waals surface area contributed by atoms with Gasteiger partial charge in [0.15, 0.2) is 0 Å². The Hall–Kier alpha value is -1.73. The number of rotatable bonds is 1. The third-order valence-corrected chi connectivity index (χ3v) is 4.37. The minimum absolute atomic E-state index is 0.301. The van der Waals surface area contributed by atoms with Crippen molar-refractivity contribution >= 4 is 38.3 Å². The molecule has 0 saturated carbocycles. The molecule has 1 fully saturated rings. The van der Waals surface area contributed by atoms with Crippen LogP contribution in [0.2, 0.25) is 0 Å². The molecule has 0 atom stereocenters. The molecule has 3 heterocycles. The first-order valence-electron chi connectivity index (χ1n) is 6.82. The third kappa shape index (κ3) is 2.08. The number of fused-ring (bicyclic) bond motifs is 3. The van der Waals surface area contributed by atoms with Crippen molar-refractivity contribution in [1.29, 1.82) is 0 Å². The summed E-state index contributed by atoms with van der Waals surface area (Å²) in [4.78, 5) is 6.82. The van der Waals surface area contributed by atoms with Crippen LogP contribution in [0.4, 0.5) is 10.3 Å². The normalized spacial score (nSPS) is 16.0. The molecule has 5 nitrogen and oxygen atoms in total. The highest BCUT2D eigenvalue weighted by Gasteiger charge is 2.18. The molecule has 1 aliphatic rings. The average Bonchev–Trinajstić information content (AvgIpc) is 2.99. The monoisotopic (exact) mass is 349 g/mol. The number of benzene rings is 1. The van der Waals surface area contributed by atoms with Crippen LogP contribution in [0.5, 0.6) is 0 Å². The van der Waals surface area contributed by atoms with Gasteiger partial charge in [0.2, 0.25) is 5.95 Å². The van der Waals surface area contributed by atoms with Crippen molar-refractivity contribution in [2.75, 3.05) is 31.1 Å². The smallest absolute Gasteiger partial charge is 0.227 e. The van der Waals surface area contributed by atoms with Crippen LogP contribution >= 0.6 is 15.9 Å². The topological polar surface area (TPSA) is 45.5 Å². The summed E-state index contributed by atoms with van der Waals surface area (Å²) in [7, 11) is 0. The van der Waals surface area contributed by atoms with Gasteiger partial charge in [0.05, 0.1) is 21.7 Å². The molecule has 0 bridgehead atoms. The minimum atomic E-state index is -0.301. The van der Waals surface area contributed by atoms with Crippen LogP contribution in [0.15, 0.2) is 28.9 Å². The molecule has 1 saturated heterocycles. The Balaban J connectivity index is 2.00. The zero-order valence-electron chi connectivity index (χ0n) is 11.2. The highest BCUT2D eigenvalue weighted by molar-refractivity contribution is 9.10. The first kappa shape index (κ1) is 13.0. The molecule has 21 heavy (non-hydrogen) atoms. The van der Waals surface area contributed by atoms with Gasteiger partial charge in [-0.3, -0.25) is 0 Å². The summed E-state index contributed by atoms with van der Waals surface area (Å²) in [6, 6.07) is 5.16. The minimum Gasteiger partial charge on any atom is -0.338 e. The number of piperazine rings is 1. The van der Waals surface area contributed by atoms with Crippen molar-refractivity contribution in [1.82, 2.24) is 19.9 Å². The van der Waals surface area contributed by atoms with Crippen molar-refractivity contribution in [3.05, 3.63) is 34.7 Å². The third-order valence-electron chi connectivity index (χ3n) is 3.77. The number of hydrogen-bond donors (Lipinski definition) is 1. The van der Waals surface area contributed by atoms with Gasteiger partial charge in [0.1, 0.15) is 5.82 Å². The molecular weight excluding hydrogens is 337 g/mol. The van der Waals surface area contributed by atoms with E-state index >= 15 is 0 Å². The summed E-state index contributed by atoms with van der Waals surface area (Å²) in [5, 5.41) is 8.58. The molecule has 0 spiro atoms. The lowest BCUT2D eigenvalue weighted by molar-refractivity contribution is 0.575. The molecule has 1 aromatic carbocycles. The van der Waals surface area contributed by atoms with Gasteiger partial charge >= 0.3 is 0 Å². The van der Waals surface area contributed by atoms with E-state index in [2.05, 4.69) is 36.2 Å². The number of aromatic nitrogens is 3. The first-order valence-corrected chi connectivity index (χ1v) is 7.61. The lowest BCUT2D eigenvalue weighted by atomic mass is 10.2. The predicted octanol–water partition coefficient (Wildman–Crippen LogP) is 2.19. The first-order chi connectivity index (χ1) is 10.2. The molecule has 0 aliphatic carbocycles. The van der Waals surface area contributed by atoms with Crippen molar-refractivity contribution in [2.45, 2.75) is 0 Å². The van der Waals surface area contributed by atoms with Gasteiger partial charge in [-0.1, -0.05) is 0 Å². The molecule has 108 valence electrons. The molecule has 0 radical (unpaired) electrons. The van der Waals surface area contributed by atoms with Crippen LogP contribution in [-0.2, 0) is 0 Å². The van der Waals surface area contributed by atoms with Gasteiger partial charge < -0.3 is 10.2 Å². The lowest BCUT2D eigenvalue weighted by Crippen LogP contribution is -2.44. The van der Waals surface area contributed by atoms with Gasteiger partial charge in [-0.2, -0.15) is 9.61 Å². The Kier molecular flexibility index (Phi) is 3.04. The van der Waals surface area contributed by atoms with Crippen molar-refractivity contribution in [3.63, 3.8) is 0 Å². The van der Waals surface area contributed by atoms with Crippen molar-refractivity contribution in [3.8, 4) is 0 Å². The van der Waals surface area contributed by atoms with Gasteiger partial charge in [-0.15, -0.1) is 0 Å². The van der Waals surface area contributed by atoms with Crippen LogP contribution in [0.3, 0.4) is 0 Å². The molecule has 0 amide bonds. The van der Waals surface area contributed by atoms with Crippen LogP contribution in [0.25, 0.3) is 16.4 Å². The Bertz CT molecular complexity index is 825. The van der Waals surface area contributed by atoms with Crippen LogP contribution < -0.4 is 10.2 Å². The number of hydrogen-bond acceptors (Lipinski definition) is 4. The van der Waals surface area contributed by atoms with E-state index in [9.17, 15) is 4.39 Å². The Labute approximate surface area is 128 Å². The molecule has 1 N–H and O–H groups in total. The molecule has 4 rings (SSSR count). The van der Waals surface area contributed by atoms with E-state index in [0.29, 0.717) is 9.99 Å². The highest BCUT2D eigenvalue weighted by Crippen LogP contribution is 2.28. The van der Waals surface area contributed by atoms with Gasteiger partial charge in [0.25, 0.3) is 0 Å². The van der Waals surface area contributed by atoms with Gasteiger partial charge in [0, 0.05) is 37.6 Å². The maximum atomic E-state index is 13.8. The van der Waals surface area contributed by atoms with E-state index in [1.54, 1.807) is 12.3 Å². The van der Waals surface area contributed by atoms with E-state index in [0.717, 1.165) is 43.0 Å². The second-order valence-corrected chi connectivity index (χ2v) is 5.91. The Morgan fingerprint density at radius 3 is 2.86 bits per heavy atom. The number of nitrogens with one attached hydrogen (secondary N) is 1. The quantitative estimate of drug-likeness (QED) is 0.731. The summed E-state index contributed by atoms with van der Waals surface area (Å²) < 4.78 is 16.1. The summed E-state index contributed by atoms with van der Waals surface area (Å²) in [6.07, 6.45) is 1.75. The predicted molar refractivity (Wildman–Crippen MR) is 83.2 cm³/mol. The fourth-order valence-electron chi connectivity index (χ4n) is 2.73. The van der Waals surface area contributed by atoms with E-state index in [-0.39, 0.29) is 5.82 Å². The maximum Gasteiger partial charge on any atom is 0.227 e. The number of nitrogens with zero attached hydrogens (tertiary/aromatic N) is 4. The number of halogens is 2. The SMILES string of the molecule is Fc1cc2nc(N3CCNCC3)n3nccc3c2cc1Br. The van der Waals surface area contributed by atoms with Crippen molar-refractivity contribution < 1.29 is 4.39 Å². The summed E-state index contributed by atoms with van der Waals surface area (Å²) in [5.74, 6) is 0.468. The summed E-state index contributed by atoms with van der Waals surface area (Å²) >= 11 is 3.23. The standard InChI is InChI=1S/C14H13BrFN5/c15-10-7-9-12(8-11(10)16)19-14(20-5-3-17-4-6-20)21-13(9)1-2-18-21/h1-2,7-8,17H,3-6H2. The summed E-state index contributed by atoms with van der Waals surface area (Å²) in [5.41, 5.74) is 1.59. The van der Waals surface area contributed by atoms with Crippen molar-refractivity contribution in [2.24, 2.45) is 0 Å².